The zero-order valence-electron chi connectivity index (χ0n) is 9.97. The molecule has 8 heteroatoms. The van der Waals surface area contributed by atoms with Crippen LogP contribution < -0.4 is 4.72 Å². The maximum atomic E-state index is 11.4. The minimum atomic E-state index is -3.87. The Balaban J connectivity index is 4.45. The van der Waals surface area contributed by atoms with Gasteiger partial charge >= 0.3 is 11.9 Å². The Morgan fingerprint density at radius 1 is 1.35 bits per heavy atom. The van der Waals surface area contributed by atoms with Crippen LogP contribution in [0.3, 0.4) is 0 Å². The third kappa shape index (κ3) is 6.22. The first-order chi connectivity index (χ1) is 7.69. The van der Waals surface area contributed by atoms with Crippen LogP contribution in [0.5, 0.6) is 0 Å². The van der Waals surface area contributed by atoms with Crippen molar-refractivity contribution in [1.82, 2.24) is 4.72 Å². The van der Waals surface area contributed by atoms with Crippen molar-refractivity contribution in [3.8, 4) is 0 Å². The van der Waals surface area contributed by atoms with Gasteiger partial charge in [0.15, 0.2) is 5.75 Å². The number of ether oxygens (including phenoxy) is 1. The quantitative estimate of drug-likeness (QED) is 0.606. The zero-order valence-corrected chi connectivity index (χ0v) is 10.8. The molecule has 17 heavy (non-hydrogen) atoms. The molecule has 0 aliphatic rings. The van der Waals surface area contributed by atoms with Crippen molar-refractivity contribution in [2.75, 3.05) is 12.4 Å². The average Bonchev–Trinajstić information content (AvgIpc) is 2.14. The average molecular weight is 267 g/mol. The number of esters is 1. The summed E-state index contributed by atoms with van der Waals surface area (Å²) in [5.74, 6) is -3.67. The van der Waals surface area contributed by atoms with Gasteiger partial charge in [-0.25, -0.2) is 13.1 Å². The van der Waals surface area contributed by atoms with E-state index in [2.05, 4.69) is 9.46 Å². The van der Waals surface area contributed by atoms with Gasteiger partial charge in [0.25, 0.3) is 0 Å². The molecule has 0 rings (SSSR count). The number of rotatable bonds is 7. The van der Waals surface area contributed by atoms with Crippen LogP contribution in [0.4, 0.5) is 0 Å². The van der Waals surface area contributed by atoms with E-state index in [1.54, 1.807) is 6.92 Å². The zero-order chi connectivity index (χ0) is 13.6. The molecule has 0 aromatic carbocycles. The topological polar surface area (TPSA) is 110 Å². The molecule has 0 amide bonds. The lowest BCUT2D eigenvalue weighted by Gasteiger charge is -2.17. The molecule has 100 valence electrons. The van der Waals surface area contributed by atoms with Crippen LogP contribution in [0.15, 0.2) is 0 Å². The molecule has 0 bridgehead atoms. The van der Waals surface area contributed by atoms with Crippen LogP contribution in [-0.4, -0.2) is 43.9 Å². The highest BCUT2D eigenvalue weighted by Crippen LogP contribution is 2.04. The van der Waals surface area contributed by atoms with E-state index >= 15 is 0 Å². The SMILES string of the molecule is CCOC(=O)CS(=O)(=O)NC(C)C(C)C(=O)O. The van der Waals surface area contributed by atoms with E-state index in [0.717, 1.165) is 0 Å². The number of hydrogen-bond donors (Lipinski definition) is 2. The summed E-state index contributed by atoms with van der Waals surface area (Å²) in [4.78, 5) is 21.6. The molecule has 2 unspecified atom stereocenters. The second-order valence-electron chi connectivity index (χ2n) is 3.60. The largest absolute Gasteiger partial charge is 0.481 e. The molecule has 0 heterocycles. The molecule has 0 aliphatic heterocycles. The first kappa shape index (κ1) is 15.9. The summed E-state index contributed by atoms with van der Waals surface area (Å²) in [6, 6.07) is -0.799. The van der Waals surface area contributed by atoms with Gasteiger partial charge in [0.05, 0.1) is 12.5 Å². The number of hydrogen-bond acceptors (Lipinski definition) is 5. The second-order valence-corrected chi connectivity index (χ2v) is 5.35. The summed E-state index contributed by atoms with van der Waals surface area (Å²) in [6.45, 7) is 4.45. The number of aliphatic carboxylic acids is 1. The van der Waals surface area contributed by atoms with E-state index in [4.69, 9.17) is 5.11 Å². The van der Waals surface area contributed by atoms with Crippen LogP contribution in [-0.2, 0) is 24.3 Å². The summed E-state index contributed by atoms with van der Waals surface area (Å²) < 4.78 is 29.5. The smallest absolute Gasteiger partial charge is 0.322 e. The van der Waals surface area contributed by atoms with Gasteiger partial charge in [0, 0.05) is 6.04 Å². The summed E-state index contributed by atoms with van der Waals surface area (Å²) in [5.41, 5.74) is 0. The predicted octanol–water partition coefficient (Wildman–Crippen LogP) is -0.422. The Kier molecular flexibility index (Phi) is 6.11. The number of nitrogens with one attached hydrogen (secondary N) is 1. The van der Waals surface area contributed by atoms with Gasteiger partial charge in [0.2, 0.25) is 10.0 Å². The van der Waals surface area contributed by atoms with Crippen LogP contribution in [0.25, 0.3) is 0 Å². The normalized spacial score (nSPS) is 15.0. The Morgan fingerprint density at radius 3 is 2.29 bits per heavy atom. The molecular formula is C9H17NO6S. The summed E-state index contributed by atoms with van der Waals surface area (Å²) in [7, 11) is -3.87. The Bertz CT molecular complexity index is 377. The molecular weight excluding hydrogens is 250 g/mol. The van der Waals surface area contributed by atoms with E-state index in [1.807, 2.05) is 0 Å². The maximum Gasteiger partial charge on any atom is 0.322 e. The molecule has 0 spiro atoms. The molecule has 0 aromatic heterocycles. The molecule has 0 saturated carbocycles. The predicted molar refractivity (Wildman–Crippen MR) is 59.8 cm³/mol. The van der Waals surface area contributed by atoms with Gasteiger partial charge in [0.1, 0.15) is 0 Å². The van der Waals surface area contributed by atoms with E-state index < -0.39 is 39.7 Å². The molecule has 7 nitrogen and oxygen atoms in total. The van der Waals surface area contributed by atoms with E-state index in [1.165, 1.54) is 13.8 Å². The van der Waals surface area contributed by atoms with Crippen LogP contribution in [0.2, 0.25) is 0 Å². The van der Waals surface area contributed by atoms with Gasteiger partial charge in [-0.3, -0.25) is 9.59 Å². The van der Waals surface area contributed by atoms with Crippen molar-refractivity contribution < 1.29 is 27.9 Å². The van der Waals surface area contributed by atoms with Gasteiger partial charge in [-0.1, -0.05) is 6.92 Å². The van der Waals surface area contributed by atoms with Crippen molar-refractivity contribution in [2.45, 2.75) is 26.8 Å². The number of carboxylic acids is 1. The number of carboxylic acid groups (broad SMARTS) is 1. The lowest BCUT2D eigenvalue weighted by atomic mass is 10.1. The third-order valence-electron chi connectivity index (χ3n) is 2.12. The highest BCUT2D eigenvalue weighted by atomic mass is 32.2. The summed E-state index contributed by atoms with van der Waals surface area (Å²) >= 11 is 0. The van der Waals surface area contributed by atoms with Crippen molar-refractivity contribution >= 4 is 22.0 Å². The molecule has 0 saturated heterocycles. The number of carbonyl (C=O) groups excluding carboxylic acids is 1. The van der Waals surface area contributed by atoms with Crippen LogP contribution in [0.1, 0.15) is 20.8 Å². The van der Waals surface area contributed by atoms with Crippen molar-refractivity contribution in [2.24, 2.45) is 5.92 Å². The minimum Gasteiger partial charge on any atom is -0.481 e. The van der Waals surface area contributed by atoms with Gasteiger partial charge in [-0.2, -0.15) is 0 Å². The molecule has 2 atom stereocenters. The van der Waals surface area contributed by atoms with Gasteiger partial charge in [-0.05, 0) is 13.8 Å². The van der Waals surface area contributed by atoms with Crippen molar-refractivity contribution in [1.29, 1.82) is 0 Å². The highest BCUT2D eigenvalue weighted by molar-refractivity contribution is 7.90. The summed E-state index contributed by atoms with van der Waals surface area (Å²) in [5, 5.41) is 8.69. The fourth-order valence-corrected chi connectivity index (χ4v) is 2.25. The lowest BCUT2D eigenvalue weighted by molar-refractivity contribution is -0.142. The van der Waals surface area contributed by atoms with Crippen molar-refractivity contribution in [3.63, 3.8) is 0 Å². The number of carbonyl (C=O) groups is 2. The number of sulfonamides is 1. The Morgan fingerprint density at radius 2 is 1.88 bits per heavy atom. The Labute approximate surface area is 100 Å². The van der Waals surface area contributed by atoms with Gasteiger partial charge in [-0.15, -0.1) is 0 Å². The van der Waals surface area contributed by atoms with Crippen molar-refractivity contribution in [3.05, 3.63) is 0 Å². The summed E-state index contributed by atoms with van der Waals surface area (Å²) in [6.07, 6.45) is 0. The molecule has 0 radical (unpaired) electrons. The first-order valence-electron chi connectivity index (χ1n) is 5.08. The molecule has 2 N–H and O–H groups in total. The molecule has 0 aromatic rings. The van der Waals surface area contributed by atoms with E-state index in [9.17, 15) is 18.0 Å². The van der Waals surface area contributed by atoms with Crippen LogP contribution in [0, 0.1) is 5.92 Å². The highest BCUT2D eigenvalue weighted by Gasteiger charge is 2.25. The van der Waals surface area contributed by atoms with E-state index in [-0.39, 0.29) is 6.61 Å². The van der Waals surface area contributed by atoms with Crippen LogP contribution >= 0.6 is 0 Å². The first-order valence-corrected chi connectivity index (χ1v) is 6.73. The monoisotopic (exact) mass is 267 g/mol. The lowest BCUT2D eigenvalue weighted by Crippen LogP contribution is -2.42. The molecule has 0 aliphatic carbocycles. The standard InChI is InChI=1S/C9H17NO6S/c1-4-16-8(11)5-17(14,15)10-7(3)6(2)9(12)13/h6-7,10H,4-5H2,1-3H3,(H,12,13). The molecule has 0 fully saturated rings. The second kappa shape index (κ2) is 6.55. The third-order valence-corrected chi connectivity index (χ3v) is 3.46. The van der Waals surface area contributed by atoms with Gasteiger partial charge < -0.3 is 9.84 Å². The fraction of sp³-hybridized carbons (Fsp3) is 0.778. The Hall–Kier alpha value is -1.15. The van der Waals surface area contributed by atoms with E-state index in [0.29, 0.717) is 0 Å². The fourth-order valence-electron chi connectivity index (χ4n) is 0.999. The maximum absolute atomic E-state index is 11.4. The minimum absolute atomic E-state index is 0.0927.